The molecular formula is C16H15N5O2. The molecule has 1 amide bonds. The first-order valence-corrected chi connectivity index (χ1v) is 7.03. The Morgan fingerprint density at radius 1 is 1.22 bits per heavy atom. The molecule has 7 heteroatoms. The predicted molar refractivity (Wildman–Crippen MR) is 85.0 cm³/mol. The molecule has 0 unspecified atom stereocenters. The molecule has 3 aromatic heterocycles. The van der Waals surface area contributed by atoms with Gasteiger partial charge in [-0.15, -0.1) is 0 Å². The lowest BCUT2D eigenvalue weighted by Crippen LogP contribution is -2.13. The maximum absolute atomic E-state index is 12.2. The van der Waals surface area contributed by atoms with Gasteiger partial charge in [0, 0.05) is 37.4 Å². The smallest absolute Gasteiger partial charge is 0.258 e. The second-order valence-corrected chi connectivity index (χ2v) is 4.95. The Kier molecular flexibility index (Phi) is 4.28. The Hall–Kier alpha value is -3.22. The number of amides is 1. The van der Waals surface area contributed by atoms with E-state index in [1.54, 1.807) is 37.6 Å². The summed E-state index contributed by atoms with van der Waals surface area (Å²) in [5.74, 6) is 0.711. The van der Waals surface area contributed by atoms with Crippen LogP contribution in [-0.2, 0) is 6.54 Å². The second kappa shape index (κ2) is 6.69. The molecule has 0 saturated heterocycles. The highest BCUT2D eigenvalue weighted by Crippen LogP contribution is 2.13. The number of carbonyl (C=O) groups excluding carboxylic acids is 1. The normalized spacial score (nSPS) is 10.3. The van der Waals surface area contributed by atoms with Crippen molar-refractivity contribution in [1.29, 1.82) is 0 Å². The van der Waals surface area contributed by atoms with Crippen LogP contribution in [0.3, 0.4) is 0 Å². The molecule has 2 N–H and O–H groups in total. The summed E-state index contributed by atoms with van der Waals surface area (Å²) < 4.78 is 4.91. The molecule has 0 spiro atoms. The number of anilines is 2. The average Bonchev–Trinajstić information content (AvgIpc) is 2.99. The lowest BCUT2D eigenvalue weighted by molar-refractivity contribution is 0.102. The van der Waals surface area contributed by atoms with Crippen LogP contribution in [0.2, 0.25) is 0 Å². The van der Waals surface area contributed by atoms with Gasteiger partial charge in [0.05, 0.1) is 11.3 Å². The van der Waals surface area contributed by atoms with E-state index in [-0.39, 0.29) is 5.91 Å². The van der Waals surface area contributed by atoms with Crippen LogP contribution in [0.15, 0.2) is 53.6 Å². The van der Waals surface area contributed by atoms with E-state index >= 15 is 0 Å². The van der Waals surface area contributed by atoms with Crippen LogP contribution in [0.1, 0.15) is 21.7 Å². The average molecular weight is 309 g/mol. The standard InChI is InChI=1S/C16H15N5O2/c1-11-5-15(21-23-11)20-16(22)13-6-14(10-18-9-13)19-8-12-3-2-4-17-7-12/h2-7,9-10,19H,8H2,1H3,(H,20,21,22). The quantitative estimate of drug-likeness (QED) is 0.752. The summed E-state index contributed by atoms with van der Waals surface area (Å²) in [6.45, 7) is 2.36. The Bertz CT molecular complexity index is 801. The SMILES string of the molecule is Cc1cc(NC(=O)c2cncc(NCc3cccnc3)c2)no1. The number of rotatable bonds is 5. The van der Waals surface area contributed by atoms with Crippen molar-refractivity contribution in [3.8, 4) is 0 Å². The van der Waals surface area contributed by atoms with E-state index in [2.05, 4.69) is 25.8 Å². The number of aromatic nitrogens is 3. The largest absolute Gasteiger partial charge is 0.380 e. The Morgan fingerprint density at radius 2 is 2.13 bits per heavy atom. The van der Waals surface area contributed by atoms with Crippen molar-refractivity contribution < 1.29 is 9.32 Å². The first-order valence-electron chi connectivity index (χ1n) is 7.03. The van der Waals surface area contributed by atoms with E-state index in [4.69, 9.17) is 4.52 Å². The van der Waals surface area contributed by atoms with Crippen LogP contribution >= 0.6 is 0 Å². The summed E-state index contributed by atoms with van der Waals surface area (Å²) >= 11 is 0. The molecule has 0 aliphatic carbocycles. The topological polar surface area (TPSA) is 92.9 Å². The highest BCUT2D eigenvalue weighted by molar-refractivity contribution is 6.04. The van der Waals surface area contributed by atoms with Gasteiger partial charge in [-0.25, -0.2) is 0 Å². The van der Waals surface area contributed by atoms with Crippen molar-refractivity contribution in [3.63, 3.8) is 0 Å². The summed E-state index contributed by atoms with van der Waals surface area (Å²) in [7, 11) is 0. The van der Waals surface area contributed by atoms with E-state index < -0.39 is 0 Å². The molecular weight excluding hydrogens is 294 g/mol. The van der Waals surface area contributed by atoms with Crippen molar-refractivity contribution in [2.24, 2.45) is 0 Å². The number of aryl methyl sites for hydroxylation is 1. The number of nitrogens with zero attached hydrogens (tertiary/aromatic N) is 3. The minimum absolute atomic E-state index is 0.296. The molecule has 7 nitrogen and oxygen atoms in total. The van der Waals surface area contributed by atoms with Crippen molar-refractivity contribution >= 4 is 17.4 Å². The third-order valence-corrected chi connectivity index (χ3v) is 3.09. The fourth-order valence-electron chi connectivity index (χ4n) is 1.98. The zero-order valence-corrected chi connectivity index (χ0v) is 12.5. The van der Waals surface area contributed by atoms with Gasteiger partial charge in [-0.3, -0.25) is 14.8 Å². The summed E-state index contributed by atoms with van der Waals surface area (Å²) in [4.78, 5) is 20.3. The van der Waals surface area contributed by atoms with Crippen LogP contribution < -0.4 is 10.6 Å². The second-order valence-electron chi connectivity index (χ2n) is 4.95. The summed E-state index contributed by atoms with van der Waals surface area (Å²) in [6.07, 6.45) is 6.66. The van der Waals surface area contributed by atoms with E-state index in [1.807, 2.05) is 12.1 Å². The van der Waals surface area contributed by atoms with Crippen LogP contribution in [0, 0.1) is 6.92 Å². The lowest BCUT2D eigenvalue weighted by Gasteiger charge is -2.07. The van der Waals surface area contributed by atoms with Gasteiger partial charge in [0.2, 0.25) is 0 Å². The minimum Gasteiger partial charge on any atom is -0.380 e. The monoisotopic (exact) mass is 309 g/mol. The predicted octanol–water partition coefficient (Wildman–Crippen LogP) is 2.64. The third kappa shape index (κ3) is 3.91. The van der Waals surface area contributed by atoms with E-state index in [9.17, 15) is 4.79 Å². The van der Waals surface area contributed by atoms with E-state index in [1.165, 1.54) is 6.20 Å². The first-order chi connectivity index (χ1) is 11.2. The Labute approximate surface area is 132 Å². The van der Waals surface area contributed by atoms with Gasteiger partial charge in [0.15, 0.2) is 5.82 Å². The zero-order chi connectivity index (χ0) is 16.1. The van der Waals surface area contributed by atoms with Crippen molar-refractivity contribution in [1.82, 2.24) is 15.1 Å². The van der Waals surface area contributed by atoms with Gasteiger partial charge in [0.25, 0.3) is 5.91 Å². The highest BCUT2D eigenvalue weighted by atomic mass is 16.5. The highest BCUT2D eigenvalue weighted by Gasteiger charge is 2.10. The molecule has 3 aromatic rings. The Morgan fingerprint density at radius 3 is 2.87 bits per heavy atom. The van der Waals surface area contributed by atoms with Crippen LogP contribution in [0.25, 0.3) is 0 Å². The first kappa shape index (κ1) is 14.7. The van der Waals surface area contributed by atoms with Gasteiger partial charge in [0.1, 0.15) is 5.76 Å². The number of hydrogen-bond acceptors (Lipinski definition) is 6. The van der Waals surface area contributed by atoms with Crippen LogP contribution in [-0.4, -0.2) is 21.0 Å². The van der Waals surface area contributed by atoms with E-state index in [0.29, 0.717) is 23.7 Å². The molecule has 0 fully saturated rings. The number of carbonyl (C=O) groups is 1. The maximum Gasteiger partial charge on any atom is 0.258 e. The molecule has 0 aliphatic heterocycles. The molecule has 116 valence electrons. The molecule has 3 heterocycles. The van der Waals surface area contributed by atoms with Gasteiger partial charge < -0.3 is 15.2 Å². The maximum atomic E-state index is 12.2. The minimum atomic E-state index is -0.296. The fourth-order valence-corrected chi connectivity index (χ4v) is 1.98. The molecule has 0 saturated carbocycles. The fraction of sp³-hybridized carbons (Fsp3) is 0.125. The van der Waals surface area contributed by atoms with Crippen molar-refractivity contribution in [2.45, 2.75) is 13.5 Å². The summed E-state index contributed by atoms with van der Waals surface area (Å²) in [6, 6.07) is 7.22. The summed E-state index contributed by atoms with van der Waals surface area (Å²) in [5, 5.41) is 9.60. The van der Waals surface area contributed by atoms with Crippen LogP contribution in [0.4, 0.5) is 11.5 Å². The van der Waals surface area contributed by atoms with Gasteiger partial charge in [-0.2, -0.15) is 0 Å². The molecule has 3 rings (SSSR count). The molecule has 0 aliphatic rings. The lowest BCUT2D eigenvalue weighted by atomic mass is 10.2. The molecule has 23 heavy (non-hydrogen) atoms. The molecule has 0 bridgehead atoms. The molecule has 0 atom stereocenters. The van der Waals surface area contributed by atoms with Crippen molar-refractivity contribution in [3.05, 3.63) is 65.9 Å². The van der Waals surface area contributed by atoms with Crippen molar-refractivity contribution in [2.75, 3.05) is 10.6 Å². The number of hydrogen-bond donors (Lipinski definition) is 2. The summed E-state index contributed by atoms with van der Waals surface area (Å²) in [5.41, 5.74) is 2.22. The molecule has 0 aromatic carbocycles. The number of nitrogens with one attached hydrogen (secondary N) is 2. The Balaban J connectivity index is 1.65. The third-order valence-electron chi connectivity index (χ3n) is 3.09. The van der Waals surface area contributed by atoms with Gasteiger partial charge >= 0.3 is 0 Å². The molecule has 0 radical (unpaired) electrons. The van der Waals surface area contributed by atoms with Gasteiger partial charge in [-0.1, -0.05) is 11.2 Å². The van der Waals surface area contributed by atoms with Crippen LogP contribution in [0.5, 0.6) is 0 Å². The number of pyridine rings is 2. The van der Waals surface area contributed by atoms with Gasteiger partial charge in [-0.05, 0) is 24.6 Å². The van der Waals surface area contributed by atoms with E-state index in [0.717, 1.165) is 11.3 Å². The zero-order valence-electron chi connectivity index (χ0n) is 12.5.